The number of ether oxygens (including phenoxy) is 1. The zero-order valence-electron chi connectivity index (χ0n) is 14.6. The second-order valence-electron chi connectivity index (χ2n) is 6.17. The van der Waals surface area contributed by atoms with Gasteiger partial charge in [0.05, 0.1) is 12.8 Å². The lowest BCUT2D eigenvalue weighted by Crippen LogP contribution is -2.47. The molecule has 6 heteroatoms. The SMILES string of the molecule is CC(=O)c1ccc(OCCCN2CCN(c3cnccn3)CC2)cc1. The van der Waals surface area contributed by atoms with Crippen LogP contribution in [0.3, 0.4) is 0 Å². The van der Waals surface area contributed by atoms with Gasteiger partial charge in [0, 0.05) is 50.7 Å². The highest BCUT2D eigenvalue weighted by Crippen LogP contribution is 2.14. The van der Waals surface area contributed by atoms with Crippen LogP contribution in [-0.2, 0) is 0 Å². The minimum absolute atomic E-state index is 0.0761. The summed E-state index contributed by atoms with van der Waals surface area (Å²) in [6.45, 7) is 7.30. The minimum Gasteiger partial charge on any atom is -0.494 e. The summed E-state index contributed by atoms with van der Waals surface area (Å²) in [6, 6.07) is 7.33. The predicted molar refractivity (Wildman–Crippen MR) is 97.2 cm³/mol. The summed E-state index contributed by atoms with van der Waals surface area (Å²) < 4.78 is 5.76. The number of carbonyl (C=O) groups is 1. The van der Waals surface area contributed by atoms with Crippen LogP contribution in [0.4, 0.5) is 5.82 Å². The highest BCUT2D eigenvalue weighted by Gasteiger charge is 2.17. The van der Waals surface area contributed by atoms with Gasteiger partial charge in [-0.2, -0.15) is 0 Å². The van der Waals surface area contributed by atoms with Crippen molar-refractivity contribution in [1.29, 1.82) is 0 Å². The molecule has 0 atom stereocenters. The molecular formula is C19H24N4O2. The number of aromatic nitrogens is 2. The van der Waals surface area contributed by atoms with E-state index >= 15 is 0 Å². The van der Waals surface area contributed by atoms with Crippen molar-refractivity contribution in [2.24, 2.45) is 0 Å². The van der Waals surface area contributed by atoms with Crippen molar-refractivity contribution in [3.63, 3.8) is 0 Å². The molecule has 0 unspecified atom stereocenters. The number of carbonyl (C=O) groups excluding carboxylic acids is 1. The molecule has 25 heavy (non-hydrogen) atoms. The van der Waals surface area contributed by atoms with E-state index in [1.807, 2.05) is 30.5 Å². The van der Waals surface area contributed by atoms with Crippen molar-refractivity contribution in [2.75, 3.05) is 44.2 Å². The van der Waals surface area contributed by atoms with Crippen molar-refractivity contribution < 1.29 is 9.53 Å². The fraction of sp³-hybridized carbons (Fsp3) is 0.421. The Morgan fingerprint density at radius 3 is 2.52 bits per heavy atom. The number of rotatable bonds is 7. The van der Waals surface area contributed by atoms with E-state index < -0.39 is 0 Å². The zero-order chi connectivity index (χ0) is 17.5. The van der Waals surface area contributed by atoms with Gasteiger partial charge in [-0.05, 0) is 37.6 Å². The van der Waals surface area contributed by atoms with E-state index in [2.05, 4.69) is 19.8 Å². The van der Waals surface area contributed by atoms with Gasteiger partial charge < -0.3 is 9.64 Å². The summed E-state index contributed by atoms with van der Waals surface area (Å²) in [5, 5.41) is 0. The Hall–Kier alpha value is -2.47. The number of nitrogens with zero attached hydrogens (tertiary/aromatic N) is 4. The average molecular weight is 340 g/mol. The largest absolute Gasteiger partial charge is 0.494 e. The van der Waals surface area contributed by atoms with Crippen molar-refractivity contribution in [1.82, 2.24) is 14.9 Å². The topological polar surface area (TPSA) is 58.6 Å². The number of hydrogen-bond donors (Lipinski definition) is 0. The third-order valence-electron chi connectivity index (χ3n) is 4.39. The maximum atomic E-state index is 11.2. The van der Waals surface area contributed by atoms with Gasteiger partial charge in [-0.1, -0.05) is 0 Å². The minimum atomic E-state index is 0.0761. The molecule has 0 amide bonds. The van der Waals surface area contributed by atoms with Crippen LogP contribution in [0.15, 0.2) is 42.9 Å². The Kier molecular flexibility index (Phi) is 5.95. The molecule has 1 aromatic carbocycles. The highest BCUT2D eigenvalue weighted by molar-refractivity contribution is 5.94. The van der Waals surface area contributed by atoms with Crippen LogP contribution in [0.1, 0.15) is 23.7 Å². The molecule has 0 saturated carbocycles. The van der Waals surface area contributed by atoms with E-state index in [4.69, 9.17) is 4.74 Å². The quantitative estimate of drug-likeness (QED) is 0.569. The van der Waals surface area contributed by atoms with Gasteiger partial charge >= 0.3 is 0 Å². The van der Waals surface area contributed by atoms with E-state index in [0.717, 1.165) is 50.7 Å². The van der Waals surface area contributed by atoms with Gasteiger partial charge in [0.25, 0.3) is 0 Å². The van der Waals surface area contributed by atoms with Crippen molar-refractivity contribution in [3.05, 3.63) is 48.4 Å². The lowest BCUT2D eigenvalue weighted by atomic mass is 10.1. The van der Waals surface area contributed by atoms with E-state index in [1.54, 1.807) is 19.3 Å². The fourth-order valence-corrected chi connectivity index (χ4v) is 2.92. The Labute approximate surface area is 148 Å². The first kappa shape index (κ1) is 17.4. The first-order valence-corrected chi connectivity index (χ1v) is 8.69. The summed E-state index contributed by atoms with van der Waals surface area (Å²) in [4.78, 5) is 24.5. The van der Waals surface area contributed by atoms with Crippen molar-refractivity contribution in [3.8, 4) is 5.75 Å². The van der Waals surface area contributed by atoms with E-state index in [0.29, 0.717) is 12.2 Å². The number of ketones is 1. The lowest BCUT2D eigenvalue weighted by molar-refractivity contribution is 0.101. The number of Topliss-reactive ketones (excluding diaryl/α,β-unsaturated/α-hetero) is 1. The van der Waals surface area contributed by atoms with Gasteiger partial charge in [0.1, 0.15) is 11.6 Å². The fourth-order valence-electron chi connectivity index (χ4n) is 2.92. The molecule has 2 aromatic rings. The first-order chi connectivity index (χ1) is 12.2. The molecule has 0 spiro atoms. The maximum Gasteiger partial charge on any atom is 0.159 e. The monoisotopic (exact) mass is 340 g/mol. The van der Waals surface area contributed by atoms with Gasteiger partial charge in [0.2, 0.25) is 0 Å². The molecule has 0 radical (unpaired) electrons. The standard InChI is InChI=1S/C19H24N4O2/c1-16(24)17-3-5-18(6-4-17)25-14-2-9-22-10-12-23(13-11-22)19-15-20-7-8-21-19/h3-8,15H,2,9-14H2,1H3. The van der Waals surface area contributed by atoms with Crippen LogP contribution in [0.5, 0.6) is 5.75 Å². The van der Waals surface area contributed by atoms with Gasteiger partial charge in [0.15, 0.2) is 5.78 Å². The molecule has 6 nitrogen and oxygen atoms in total. The zero-order valence-corrected chi connectivity index (χ0v) is 14.6. The van der Waals surface area contributed by atoms with Gasteiger partial charge in [-0.15, -0.1) is 0 Å². The summed E-state index contributed by atoms with van der Waals surface area (Å²) in [6.07, 6.45) is 6.25. The van der Waals surface area contributed by atoms with E-state index in [-0.39, 0.29) is 5.78 Å². The smallest absolute Gasteiger partial charge is 0.159 e. The predicted octanol–water partition coefficient (Wildman–Crippen LogP) is 2.27. The maximum absolute atomic E-state index is 11.2. The number of benzene rings is 1. The second-order valence-corrected chi connectivity index (χ2v) is 6.17. The molecule has 1 aromatic heterocycles. The normalized spacial score (nSPS) is 15.2. The molecule has 132 valence electrons. The summed E-state index contributed by atoms with van der Waals surface area (Å²) >= 11 is 0. The molecule has 1 aliphatic heterocycles. The van der Waals surface area contributed by atoms with E-state index in [9.17, 15) is 4.79 Å². The van der Waals surface area contributed by atoms with Gasteiger partial charge in [-0.3, -0.25) is 14.7 Å². The Bertz CT molecular complexity index is 668. The number of piperazine rings is 1. The number of anilines is 1. The Morgan fingerprint density at radius 2 is 1.88 bits per heavy atom. The summed E-state index contributed by atoms with van der Waals surface area (Å²) in [7, 11) is 0. The van der Waals surface area contributed by atoms with E-state index in [1.165, 1.54) is 0 Å². The third kappa shape index (κ3) is 5.00. The van der Waals surface area contributed by atoms with Crippen LogP contribution in [0, 0.1) is 0 Å². The van der Waals surface area contributed by atoms with Crippen LogP contribution >= 0.6 is 0 Å². The van der Waals surface area contributed by atoms with Crippen LogP contribution < -0.4 is 9.64 Å². The third-order valence-corrected chi connectivity index (χ3v) is 4.39. The summed E-state index contributed by atoms with van der Waals surface area (Å²) in [5.74, 6) is 1.85. The van der Waals surface area contributed by atoms with Crippen LogP contribution in [0.25, 0.3) is 0 Å². The number of hydrogen-bond acceptors (Lipinski definition) is 6. The summed E-state index contributed by atoms with van der Waals surface area (Å²) in [5.41, 5.74) is 0.716. The first-order valence-electron chi connectivity index (χ1n) is 8.69. The lowest BCUT2D eigenvalue weighted by Gasteiger charge is -2.35. The Morgan fingerprint density at radius 1 is 1.12 bits per heavy atom. The highest BCUT2D eigenvalue weighted by atomic mass is 16.5. The van der Waals surface area contributed by atoms with Crippen LogP contribution in [-0.4, -0.2) is 60.0 Å². The Balaban J connectivity index is 1.34. The second kappa shape index (κ2) is 8.58. The molecule has 1 fully saturated rings. The molecular weight excluding hydrogens is 316 g/mol. The average Bonchev–Trinajstić information content (AvgIpc) is 2.67. The molecule has 1 saturated heterocycles. The molecule has 0 bridgehead atoms. The molecule has 0 aliphatic carbocycles. The van der Waals surface area contributed by atoms with Crippen molar-refractivity contribution >= 4 is 11.6 Å². The van der Waals surface area contributed by atoms with Crippen molar-refractivity contribution in [2.45, 2.75) is 13.3 Å². The van der Waals surface area contributed by atoms with Crippen LogP contribution in [0.2, 0.25) is 0 Å². The van der Waals surface area contributed by atoms with Gasteiger partial charge in [-0.25, -0.2) is 4.98 Å². The molecule has 3 rings (SSSR count). The molecule has 0 N–H and O–H groups in total. The molecule has 2 heterocycles. The molecule has 1 aliphatic rings.